The minimum absolute atomic E-state index is 0.0456. The number of hydrogen-bond acceptors (Lipinski definition) is 3. The average Bonchev–Trinajstić information content (AvgIpc) is 2.69. The molecule has 2 aromatic carbocycles. The number of carbonyl (C=O) groups is 1. The first-order chi connectivity index (χ1) is 13.0. The van der Waals surface area contributed by atoms with Crippen LogP contribution < -0.4 is 0 Å². The van der Waals surface area contributed by atoms with Gasteiger partial charge in [-0.15, -0.1) is 0 Å². The summed E-state index contributed by atoms with van der Waals surface area (Å²) in [5.74, 6) is -0.733. The number of hydrogen-bond donors (Lipinski definition) is 0. The summed E-state index contributed by atoms with van der Waals surface area (Å²) in [6, 6.07) is 14.5. The lowest BCUT2D eigenvalue weighted by Gasteiger charge is -2.35. The Morgan fingerprint density at radius 1 is 1.19 bits per heavy atom. The van der Waals surface area contributed by atoms with Gasteiger partial charge in [-0.1, -0.05) is 42.0 Å². The molecule has 1 atom stereocenters. The number of amides is 1. The molecule has 0 saturated carbocycles. The van der Waals surface area contributed by atoms with Gasteiger partial charge in [0.25, 0.3) is 5.91 Å². The zero-order chi connectivity index (χ0) is 19.2. The molecule has 144 valence electrons. The molecule has 1 unspecified atom stereocenters. The summed E-state index contributed by atoms with van der Waals surface area (Å²) in [6.07, 6.45) is 0. The fraction of sp³-hybridized carbons (Fsp3) is 0.409. The minimum atomic E-state index is -0.470. The fourth-order valence-electron chi connectivity index (χ4n) is 3.42. The first kappa shape index (κ1) is 19.5. The van der Waals surface area contributed by atoms with Crippen molar-refractivity contribution >= 4 is 5.91 Å². The molecule has 2 aromatic rings. The molecule has 4 nitrogen and oxygen atoms in total. The van der Waals surface area contributed by atoms with Crippen molar-refractivity contribution in [1.82, 2.24) is 9.80 Å². The number of morpholine rings is 1. The summed E-state index contributed by atoms with van der Waals surface area (Å²) in [5, 5.41) is 0. The van der Waals surface area contributed by atoms with Crippen molar-refractivity contribution in [3.63, 3.8) is 0 Å². The molecule has 0 radical (unpaired) electrons. The second-order valence-electron chi connectivity index (χ2n) is 7.16. The van der Waals surface area contributed by atoms with Gasteiger partial charge < -0.3 is 9.64 Å². The number of carbonyl (C=O) groups excluding carboxylic acids is 1. The molecule has 1 aliphatic heterocycles. The van der Waals surface area contributed by atoms with Crippen LogP contribution in [0.2, 0.25) is 0 Å². The van der Waals surface area contributed by atoms with Gasteiger partial charge >= 0.3 is 0 Å². The lowest BCUT2D eigenvalue weighted by molar-refractivity contribution is 0.0227. The smallest absolute Gasteiger partial charge is 0.257 e. The standard InChI is InChI=1S/C22H27FN2O2/c1-17-8-9-21(23)20(14-17)22(26)25(16-19-6-4-3-5-7-19)18(2)15-24-10-12-27-13-11-24/h3-9,14,18H,10-13,15-16H2,1-2H3. The van der Waals surface area contributed by atoms with E-state index in [1.807, 2.05) is 44.2 Å². The van der Waals surface area contributed by atoms with Crippen molar-refractivity contribution < 1.29 is 13.9 Å². The first-order valence-electron chi connectivity index (χ1n) is 9.46. The Morgan fingerprint density at radius 3 is 2.59 bits per heavy atom. The van der Waals surface area contributed by atoms with E-state index in [4.69, 9.17) is 4.74 Å². The van der Waals surface area contributed by atoms with Crippen LogP contribution in [0.25, 0.3) is 0 Å². The van der Waals surface area contributed by atoms with E-state index in [2.05, 4.69) is 4.90 Å². The second-order valence-corrected chi connectivity index (χ2v) is 7.16. The van der Waals surface area contributed by atoms with Gasteiger partial charge in [-0.25, -0.2) is 4.39 Å². The van der Waals surface area contributed by atoms with E-state index in [1.165, 1.54) is 6.07 Å². The van der Waals surface area contributed by atoms with Gasteiger partial charge in [0.05, 0.1) is 18.8 Å². The minimum Gasteiger partial charge on any atom is -0.379 e. The van der Waals surface area contributed by atoms with Crippen LogP contribution in [0, 0.1) is 12.7 Å². The predicted octanol–water partition coefficient (Wildman–Crippen LogP) is 3.50. The van der Waals surface area contributed by atoms with Crippen LogP contribution in [0.1, 0.15) is 28.4 Å². The van der Waals surface area contributed by atoms with Gasteiger partial charge in [-0.2, -0.15) is 0 Å². The summed E-state index contributed by atoms with van der Waals surface area (Å²) in [7, 11) is 0. The highest BCUT2D eigenvalue weighted by Gasteiger charge is 2.26. The van der Waals surface area contributed by atoms with Gasteiger partial charge in [-0.05, 0) is 31.5 Å². The summed E-state index contributed by atoms with van der Waals surface area (Å²) in [6.45, 7) is 8.25. The lowest BCUT2D eigenvalue weighted by atomic mass is 10.1. The Labute approximate surface area is 160 Å². The van der Waals surface area contributed by atoms with E-state index in [9.17, 15) is 9.18 Å². The van der Waals surface area contributed by atoms with Crippen molar-refractivity contribution in [2.45, 2.75) is 26.4 Å². The molecule has 0 bridgehead atoms. The van der Waals surface area contributed by atoms with E-state index in [1.54, 1.807) is 17.0 Å². The van der Waals surface area contributed by atoms with Gasteiger partial charge in [0, 0.05) is 32.2 Å². The zero-order valence-electron chi connectivity index (χ0n) is 16.0. The molecule has 27 heavy (non-hydrogen) atoms. The SMILES string of the molecule is Cc1ccc(F)c(C(=O)N(Cc2ccccc2)C(C)CN2CCOCC2)c1. The van der Waals surface area contributed by atoms with Crippen molar-refractivity contribution in [3.8, 4) is 0 Å². The van der Waals surface area contributed by atoms with Crippen molar-refractivity contribution in [1.29, 1.82) is 0 Å². The normalized spacial score (nSPS) is 16.1. The molecule has 0 N–H and O–H groups in total. The van der Waals surface area contributed by atoms with Crippen LogP contribution in [0.15, 0.2) is 48.5 Å². The van der Waals surface area contributed by atoms with Gasteiger partial charge in [0.15, 0.2) is 0 Å². The topological polar surface area (TPSA) is 32.8 Å². The molecular formula is C22H27FN2O2. The molecule has 1 amide bonds. The number of aryl methyl sites for hydroxylation is 1. The third-order valence-electron chi connectivity index (χ3n) is 4.97. The molecule has 0 aliphatic carbocycles. The van der Waals surface area contributed by atoms with Crippen molar-refractivity contribution in [2.24, 2.45) is 0 Å². The summed E-state index contributed by atoms with van der Waals surface area (Å²) < 4.78 is 19.8. The number of ether oxygens (including phenoxy) is 1. The zero-order valence-corrected chi connectivity index (χ0v) is 16.0. The molecule has 1 saturated heterocycles. The first-order valence-corrected chi connectivity index (χ1v) is 9.46. The Balaban J connectivity index is 1.83. The maximum atomic E-state index is 14.4. The molecule has 0 spiro atoms. The third-order valence-corrected chi connectivity index (χ3v) is 4.97. The van der Waals surface area contributed by atoms with Gasteiger partial charge in [0.2, 0.25) is 0 Å². The van der Waals surface area contributed by atoms with E-state index < -0.39 is 5.82 Å². The number of nitrogens with zero attached hydrogens (tertiary/aromatic N) is 2. The van der Waals surface area contributed by atoms with E-state index in [-0.39, 0.29) is 17.5 Å². The molecule has 5 heteroatoms. The maximum Gasteiger partial charge on any atom is 0.257 e. The van der Waals surface area contributed by atoms with Crippen molar-refractivity contribution in [3.05, 3.63) is 71.0 Å². The summed E-state index contributed by atoms with van der Waals surface area (Å²) in [5.41, 5.74) is 2.05. The quantitative estimate of drug-likeness (QED) is 0.780. The summed E-state index contributed by atoms with van der Waals surface area (Å²) in [4.78, 5) is 17.3. The monoisotopic (exact) mass is 370 g/mol. The van der Waals surface area contributed by atoms with E-state index in [0.29, 0.717) is 19.8 Å². The number of halogens is 1. The van der Waals surface area contributed by atoms with E-state index >= 15 is 0 Å². The molecule has 1 heterocycles. The molecule has 1 aliphatic rings. The lowest BCUT2D eigenvalue weighted by Crippen LogP contribution is -2.48. The number of benzene rings is 2. The van der Waals surface area contributed by atoms with Crippen LogP contribution in [-0.2, 0) is 11.3 Å². The Kier molecular flexibility index (Phi) is 6.58. The van der Waals surface area contributed by atoms with Crippen LogP contribution >= 0.6 is 0 Å². The highest BCUT2D eigenvalue weighted by atomic mass is 19.1. The van der Waals surface area contributed by atoms with Crippen molar-refractivity contribution in [2.75, 3.05) is 32.8 Å². The third kappa shape index (κ3) is 5.15. The highest BCUT2D eigenvalue weighted by molar-refractivity contribution is 5.94. The van der Waals surface area contributed by atoms with Gasteiger partial charge in [0.1, 0.15) is 5.82 Å². The molecular weight excluding hydrogens is 343 g/mol. The highest BCUT2D eigenvalue weighted by Crippen LogP contribution is 2.18. The maximum absolute atomic E-state index is 14.4. The molecule has 1 fully saturated rings. The van der Waals surface area contributed by atoms with E-state index in [0.717, 1.165) is 30.8 Å². The van der Waals surface area contributed by atoms with Crippen LogP contribution in [-0.4, -0.2) is 54.6 Å². The Bertz CT molecular complexity index is 760. The summed E-state index contributed by atoms with van der Waals surface area (Å²) >= 11 is 0. The number of rotatable bonds is 6. The van der Waals surface area contributed by atoms with Crippen LogP contribution in [0.3, 0.4) is 0 Å². The Morgan fingerprint density at radius 2 is 1.89 bits per heavy atom. The van der Waals surface area contributed by atoms with Crippen LogP contribution in [0.5, 0.6) is 0 Å². The second kappa shape index (κ2) is 9.11. The fourth-order valence-corrected chi connectivity index (χ4v) is 3.42. The Hall–Kier alpha value is -2.24. The molecule has 3 rings (SSSR count). The molecule has 0 aromatic heterocycles. The largest absolute Gasteiger partial charge is 0.379 e. The predicted molar refractivity (Wildman–Crippen MR) is 104 cm³/mol. The average molecular weight is 370 g/mol. The van der Waals surface area contributed by atoms with Crippen LogP contribution in [0.4, 0.5) is 4.39 Å². The van der Waals surface area contributed by atoms with Gasteiger partial charge in [-0.3, -0.25) is 9.69 Å².